The van der Waals surface area contributed by atoms with Crippen LogP contribution in [0.15, 0.2) is 39.0 Å². The summed E-state index contributed by atoms with van der Waals surface area (Å²) in [7, 11) is 0. The van der Waals surface area contributed by atoms with Crippen molar-refractivity contribution in [1.29, 1.82) is 0 Å². The minimum absolute atomic E-state index is 0.0297. The van der Waals surface area contributed by atoms with Crippen LogP contribution in [0.1, 0.15) is 56.3 Å². The molecule has 0 saturated carbocycles. The molecule has 0 bridgehead atoms. The highest BCUT2D eigenvalue weighted by Gasteiger charge is 2.21. The quantitative estimate of drug-likeness (QED) is 0.0582. The fraction of sp³-hybridized carbons (Fsp3) is 0.531. The molecule has 17 heteroatoms. The van der Waals surface area contributed by atoms with Crippen LogP contribution < -0.4 is 33.0 Å². The molecule has 17 nitrogen and oxygen atoms in total. The highest BCUT2D eigenvalue weighted by molar-refractivity contribution is 5.97. The Hall–Kier alpha value is -4.71. The maximum Gasteiger partial charge on any atom is 0.326 e. The number of amides is 2. The Morgan fingerprint density at radius 3 is 2.27 bits per heavy atom. The lowest BCUT2D eigenvalue weighted by atomic mass is 10.1. The molecule has 1 aromatic heterocycles. The molecular weight excluding hydrogens is 638 g/mol. The number of H-pyrrole nitrogens is 1. The molecule has 0 spiro atoms. The number of aromatic amines is 1. The number of nitrogens with one attached hydrogen (secondary N) is 4. The summed E-state index contributed by atoms with van der Waals surface area (Å²) < 4.78 is 16.2. The smallest absolute Gasteiger partial charge is 0.326 e. The SMILES string of the molecule is C=Nc1c(/N=C\CCNc2ccc(C(=O)NC(CCC(=O)NCCCOCCOCCOCCCN)C(=O)O)cc2)nc(N)[nH]c1=O.CC. The molecule has 2 rings (SSSR count). The van der Waals surface area contributed by atoms with Gasteiger partial charge in [-0.25, -0.2) is 9.79 Å². The summed E-state index contributed by atoms with van der Waals surface area (Å²) in [4.78, 5) is 62.4. The molecule has 1 atom stereocenters. The number of nitrogen functional groups attached to an aromatic ring is 1. The van der Waals surface area contributed by atoms with Gasteiger partial charge in [0.1, 0.15) is 6.04 Å². The van der Waals surface area contributed by atoms with Gasteiger partial charge in [-0.2, -0.15) is 4.98 Å². The van der Waals surface area contributed by atoms with Crippen molar-refractivity contribution in [1.82, 2.24) is 20.6 Å². The number of aliphatic carboxylic acids is 1. The summed E-state index contributed by atoms with van der Waals surface area (Å²) in [5, 5.41) is 17.9. The van der Waals surface area contributed by atoms with Crippen LogP contribution in [0.2, 0.25) is 0 Å². The van der Waals surface area contributed by atoms with Crippen LogP contribution in [-0.4, -0.2) is 111 Å². The van der Waals surface area contributed by atoms with Gasteiger partial charge in [0.05, 0.1) is 26.4 Å². The number of aliphatic imine (C=N–C) groups is 2. The highest BCUT2D eigenvalue weighted by atomic mass is 16.5. The van der Waals surface area contributed by atoms with Crippen molar-refractivity contribution >= 4 is 53.9 Å². The predicted molar refractivity (Wildman–Crippen MR) is 189 cm³/mol. The van der Waals surface area contributed by atoms with E-state index < -0.39 is 23.5 Å². The van der Waals surface area contributed by atoms with Gasteiger partial charge in [-0.1, -0.05) is 13.8 Å². The molecule has 1 aromatic carbocycles. The summed E-state index contributed by atoms with van der Waals surface area (Å²) in [6.45, 7) is 11.7. The Balaban J connectivity index is 0.00000589. The van der Waals surface area contributed by atoms with Crippen LogP contribution in [-0.2, 0) is 23.8 Å². The fourth-order valence-electron chi connectivity index (χ4n) is 3.87. The first-order valence-corrected chi connectivity index (χ1v) is 16.2. The number of hydrogen-bond donors (Lipinski definition) is 7. The number of carbonyl (C=O) groups is 3. The number of nitrogens with two attached hydrogens (primary N) is 2. The lowest BCUT2D eigenvalue weighted by Gasteiger charge is -2.15. The number of carboxylic acids is 1. The fourth-order valence-corrected chi connectivity index (χ4v) is 3.87. The number of nitrogens with zero attached hydrogens (tertiary/aromatic N) is 3. The van der Waals surface area contributed by atoms with Gasteiger partial charge in [0, 0.05) is 56.6 Å². The van der Waals surface area contributed by atoms with Crippen LogP contribution in [0.5, 0.6) is 0 Å². The first-order valence-electron chi connectivity index (χ1n) is 16.2. The Morgan fingerprint density at radius 2 is 1.65 bits per heavy atom. The van der Waals surface area contributed by atoms with Crippen LogP contribution >= 0.6 is 0 Å². The zero-order valence-corrected chi connectivity index (χ0v) is 28.4. The average molecular weight is 690 g/mol. The van der Waals surface area contributed by atoms with E-state index in [-0.39, 0.29) is 41.8 Å². The summed E-state index contributed by atoms with van der Waals surface area (Å²) in [6.07, 6.45) is 3.29. The van der Waals surface area contributed by atoms with Crippen molar-refractivity contribution in [3.05, 3.63) is 40.2 Å². The number of benzene rings is 1. The first kappa shape index (κ1) is 42.3. The number of aromatic nitrogens is 2. The van der Waals surface area contributed by atoms with Gasteiger partial charge < -0.3 is 46.7 Å². The molecule has 49 heavy (non-hydrogen) atoms. The van der Waals surface area contributed by atoms with Gasteiger partial charge in [0.25, 0.3) is 11.5 Å². The van der Waals surface area contributed by atoms with Crippen LogP contribution in [0.3, 0.4) is 0 Å². The zero-order chi connectivity index (χ0) is 36.3. The van der Waals surface area contributed by atoms with Crippen molar-refractivity contribution in [3.63, 3.8) is 0 Å². The third kappa shape index (κ3) is 18.4. The Morgan fingerprint density at radius 1 is 1.02 bits per heavy atom. The highest BCUT2D eigenvalue weighted by Crippen LogP contribution is 2.20. The standard InChI is InChI=1S/C30H45N9O8.C2H6/c1-33-25-26(38-30(32)39-28(25)42)36-13-3-12-34-22-7-5-21(6-8-22)27(41)37-23(29(43)44)9-10-24(40)35-14-4-16-46-18-20-47-19-17-45-15-2-11-31;1-2/h5-8,13,23,34H,1-4,9-12,14-20,31H2,(H,35,40)(H,37,41)(H,43,44)(H3,32,38,39,42);1-2H3/b36-13-;. The summed E-state index contributed by atoms with van der Waals surface area (Å²) in [6, 6.07) is 5.21. The summed E-state index contributed by atoms with van der Waals surface area (Å²) in [5.74, 6) is -2.15. The molecule has 9 N–H and O–H groups in total. The van der Waals surface area contributed by atoms with E-state index in [4.69, 9.17) is 25.7 Å². The second-order valence-electron chi connectivity index (χ2n) is 9.97. The van der Waals surface area contributed by atoms with Crippen molar-refractivity contribution in [3.8, 4) is 0 Å². The molecule has 2 aromatic rings. The molecular formula is C32H51N9O8. The predicted octanol–water partition coefficient (Wildman–Crippen LogP) is 1.78. The molecule has 0 aliphatic heterocycles. The van der Waals surface area contributed by atoms with Gasteiger partial charge >= 0.3 is 5.97 Å². The van der Waals surface area contributed by atoms with Gasteiger partial charge in [0.2, 0.25) is 11.9 Å². The van der Waals surface area contributed by atoms with E-state index in [1.54, 1.807) is 30.5 Å². The molecule has 0 aliphatic rings. The van der Waals surface area contributed by atoms with Crippen molar-refractivity contribution in [2.75, 3.05) is 70.3 Å². The number of hydrogen-bond acceptors (Lipinski definition) is 13. The van der Waals surface area contributed by atoms with Crippen LogP contribution in [0, 0.1) is 0 Å². The van der Waals surface area contributed by atoms with Crippen molar-refractivity contribution in [2.45, 2.75) is 52.0 Å². The molecule has 0 saturated heterocycles. The monoisotopic (exact) mass is 689 g/mol. The van der Waals surface area contributed by atoms with E-state index in [9.17, 15) is 24.3 Å². The molecule has 0 fully saturated rings. The molecule has 272 valence electrons. The number of carbonyl (C=O) groups excluding carboxylic acids is 2. The van der Waals surface area contributed by atoms with E-state index in [1.807, 2.05) is 13.8 Å². The van der Waals surface area contributed by atoms with E-state index in [0.717, 1.165) is 6.42 Å². The van der Waals surface area contributed by atoms with Crippen LogP contribution in [0.4, 0.5) is 23.1 Å². The molecule has 0 radical (unpaired) electrons. The van der Waals surface area contributed by atoms with Gasteiger partial charge in [-0.05, 0) is 56.8 Å². The van der Waals surface area contributed by atoms with Gasteiger partial charge in [0.15, 0.2) is 11.5 Å². The number of ether oxygens (including phenoxy) is 3. The van der Waals surface area contributed by atoms with Gasteiger partial charge in [-0.3, -0.25) is 24.4 Å². The Kier molecular flexibility index (Phi) is 22.7. The van der Waals surface area contributed by atoms with Crippen molar-refractivity contribution in [2.24, 2.45) is 15.7 Å². The number of carboxylic acid groups (broad SMARTS) is 1. The number of anilines is 2. The minimum Gasteiger partial charge on any atom is -0.480 e. The third-order valence-electron chi connectivity index (χ3n) is 6.30. The number of rotatable bonds is 25. The van der Waals surface area contributed by atoms with E-state index in [2.05, 4.69) is 42.6 Å². The second kappa shape index (κ2) is 26.3. The lowest BCUT2D eigenvalue weighted by Crippen LogP contribution is -2.41. The topological polar surface area (TPSA) is 258 Å². The van der Waals surface area contributed by atoms with Crippen LogP contribution in [0.25, 0.3) is 0 Å². The normalized spacial score (nSPS) is 11.3. The molecule has 1 unspecified atom stereocenters. The average Bonchev–Trinajstić information content (AvgIpc) is 3.09. The largest absolute Gasteiger partial charge is 0.480 e. The Labute approximate surface area is 286 Å². The van der Waals surface area contributed by atoms with E-state index in [1.165, 1.54) is 0 Å². The zero-order valence-electron chi connectivity index (χ0n) is 28.4. The van der Waals surface area contributed by atoms with E-state index in [0.29, 0.717) is 77.8 Å². The molecule has 2 amide bonds. The lowest BCUT2D eigenvalue weighted by molar-refractivity contribution is -0.139. The second-order valence-corrected chi connectivity index (χ2v) is 9.97. The first-order chi connectivity index (χ1) is 23.7. The maximum absolute atomic E-state index is 12.7. The molecule has 1 heterocycles. The van der Waals surface area contributed by atoms with E-state index >= 15 is 0 Å². The Bertz CT molecular complexity index is 1350. The maximum atomic E-state index is 12.7. The summed E-state index contributed by atoms with van der Waals surface area (Å²) in [5.41, 5.74) is 11.3. The molecule has 0 aliphatic carbocycles. The third-order valence-corrected chi connectivity index (χ3v) is 6.30. The minimum atomic E-state index is -1.24. The van der Waals surface area contributed by atoms with Crippen molar-refractivity contribution < 1.29 is 33.7 Å². The van der Waals surface area contributed by atoms with Gasteiger partial charge in [-0.15, -0.1) is 0 Å². The summed E-state index contributed by atoms with van der Waals surface area (Å²) >= 11 is 0.